The van der Waals surface area contributed by atoms with E-state index in [1.54, 1.807) is 6.92 Å². The van der Waals surface area contributed by atoms with Crippen molar-refractivity contribution in [2.45, 2.75) is 71.8 Å². The molecular formula is C14H27NO3. The van der Waals surface area contributed by atoms with Crippen LogP contribution in [0.15, 0.2) is 0 Å². The number of carbonyl (C=O) groups excluding carboxylic acids is 2. The van der Waals surface area contributed by atoms with Crippen LogP contribution in [0.4, 0.5) is 4.79 Å². The van der Waals surface area contributed by atoms with E-state index in [0.717, 1.165) is 32.1 Å². The van der Waals surface area contributed by atoms with Crippen LogP contribution in [0.3, 0.4) is 0 Å². The molecule has 106 valence electrons. The largest absolute Gasteiger partial charge is 0.444 e. The van der Waals surface area contributed by atoms with E-state index < -0.39 is 5.60 Å². The molecule has 0 heterocycles. The molecule has 18 heavy (non-hydrogen) atoms. The van der Waals surface area contributed by atoms with E-state index >= 15 is 0 Å². The molecule has 0 saturated heterocycles. The van der Waals surface area contributed by atoms with Gasteiger partial charge in [-0.05, 0) is 40.5 Å². The maximum absolute atomic E-state index is 11.3. The van der Waals surface area contributed by atoms with Crippen molar-refractivity contribution in [2.75, 3.05) is 6.54 Å². The van der Waals surface area contributed by atoms with E-state index in [4.69, 9.17) is 4.74 Å². The number of rotatable bonds is 8. The van der Waals surface area contributed by atoms with Crippen LogP contribution in [0.1, 0.15) is 66.2 Å². The van der Waals surface area contributed by atoms with Crippen LogP contribution in [0.2, 0.25) is 0 Å². The Hall–Kier alpha value is -1.06. The molecule has 0 aromatic rings. The summed E-state index contributed by atoms with van der Waals surface area (Å²) in [5.74, 6) is 0.265. The van der Waals surface area contributed by atoms with Gasteiger partial charge in [-0.3, -0.25) is 0 Å². The maximum atomic E-state index is 11.3. The Labute approximate surface area is 110 Å². The van der Waals surface area contributed by atoms with Crippen LogP contribution in [0.5, 0.6) is 0 Å². The highest BCUT2D eigenvalue weighted by molar-refractivity contribution is 5.75. The molecule has 0 rings (SSSR count). The van der Waals surface area contributed by atoms with Gasteiger partial charge in [0.15, 0.2) is 0 Å². The number of amides is 1. The van der Waals surface area contributed by atoms with Crippen LogP contribution >= 0.6 is 0 Å². The molecule has 1 N–H and O–H groups in total. The highest BCUT2D eigenvalue weighted by atomic mass is 16.6. The smallest absolute Gasteiger partial charge is 0.407 e. The van der Waals surface area contributed by atoms with Gasteiger partial charge in [-0.1, -0.05) is 19.3 Å². The summed E-state index contributed by atoms with van der Waals surface area (Å²) in [6.07, 6.45) is 5.56. The maximum Gasteiger partial charge on any atom is 0.407 e. The van der Waals surface area contributed by atoms with Crippen LogP contribution in [-0.4, -0.2) is 24.0 Å². The third-order valence-electron chi connectivity index (χ3n) is 2.37. The summed E-state index contributed by atoms with van der Waals surface area (Å²) in [6, 6.07) is 0. The number of Topliss-reactive ketones (excluding diaryl/α,β-unsaturated/α-hetero) is 1. The molecule has 0 fully saturated rings. The molecule has 0 aromatic carbocycles. The Morgan fingerprint density at radius 1 is 1.00 bits per heavy atom. The summed E-state index contributed by atoms with van der Waals surface area (Å²) in [7, 11) is 0. The number of hydrogen-bond acceptors (Lipinski definition) is 3. The minimum absolute atomic E-state index is 0.265. The van der Waals surface area contributed by atoms with Crippen LogP contribution in [-0.2, 0) is 9.53 Å². The first kappa shape index (κ1) is 16.9. The van der Waals surface area contributed by atoms with Gasteiger partial charge in [0.05, 0.1) is 0 Å². The second kappa shape index (κ2) is 8.95. The average molecular weight is 257 g/mol. The van der Waals surface area contributed by atoms with Crippen LogP contribution in [0, 0.1) is 0 Å². The lowest BCUT2D eigenvalue weighted by Gasteiger charge is -2.19. The van der Waals surface area contributed by atoms with Crippen molar-refractivity contribution in [1.29, 1.82) is 0 Å². The molecule has 4 heteroatoms. The highest BCUT2D eigenvalue weighted by Crippen LogP contribution is 2.07. The molecule has 0 atom stereocenters. The summed E-state index contributed by atoms with van der Waals surface area (Å²) in [5, 5.41) is 2.73. The number of alkyl carbamates (subject to hydrolysis) is 1. The van der Waals surface area contributed by atoms with Crippen LogP contribution in [0.25, 0.3) is 0 Å². The van der Waals surface area contributed by atoms with Crippen molar-refractivity contribution in [3.8, 4) is 0 Å². The first-order valence-corrected chi connectivity index (χ1v) is 6.77. The van der Waals surface area contributed by atoms with E-state index in [9.17, 15) is 9.59 Å². The summed E-state index contributed by atoms with van der Waals surface area (Å²) < 4.78 is 5.12. The van der Waals surface area contributed by atoms with Gasteiger partial charge in [0.2, 0.25) is 0 Å². The van der Waals surface area contributed by atoms with Crippen molar-refractivity contribution >= 4 is 11.9 Å². The third-order valence-corrected chi connectivity index (χ3v) is 2.37. The fourth-order valence-corrected chi connectivity index (χ4v) is 1.53. The summed E-state index contributed by atoms with van der Waals surface area (Å²) in [5.41, 5.74) is -0.434. The lowest BCUT2D eigenvalue weighted by molar-refractivity contribution is -0.117. The van der Waals surface area contributed by atoms with Gasteiger partial charge in [-0.25, -0.2) is 4.79 Å². The van der Waals surface area contributed by atoms with E-state index in [0.29, 0.717) is 13.0 Å². The molecule has 0 unspecified atom stereocenters. The third kappa shape index (κ3) is 13.0. The molecule has 4 nitrogen and oxygen atoms in total. The van der Waals surface area contributed by atoms with Gasteiger partial charge in [0.1, 0.15) is 11.4 Å². The van der Waals surface area contributed by atoms with Crippen molar-refractivity contribution in [3.63, 3.8) is 0 Å². The Morgan fingerprint density at radius 2 is 1.56 bits per heavy atom. The summed E-state index contributed by atoms with van der Waals surface area (Å²) in [4.78, 5) is 22.0. The van der Waals surface area contributed by atoms with Crippen molar-refractivity contribution in [3.05, 3.63) is 0 Å². The zero-order chi connectivity index (χ0) is 14.0. The number of ketones is 1. The van der Waals surface area contributed by atoms with Gasteiger partial charge in [-0.15, -0.1) is 0 Å². The minimum atomic E-state index is -0.434. The second-order valence-electron chi connectivity index (χ2n) is 5.65. The Bertz CT molecular complexity index is 256. The van der Waals surface area contributed by atoms with Gasteiger partial charge in [0.25, 0.3) is 0 Å². The number of carbonyl (C=O) groups is 2. The second-order valence-corrected chi connectivity index (χ2v) is 5.65. The molecule has 1 amide bonds. The molecular weight excluding hydrogens is 230 g/mol. The molecule has 0 spiro atoms. The lowest BCUT2D eigenvalue weighted by Crippen LogP contribution is -2.32. The first-order valence-electron chi connectivity index (χ1n) is 6.77. The van der Waals surface area contributed by atoms with Gasteiger partial charge in [0, 0.05) is 13.0 Å². The molecule has 0 aliphatic rings. The van der Waals surface area contributed by atoms with E-state index in [1.807, 2.05) is 20.8 Å². The van der Waals surface area contributed by atoms with Gasteiger partial charge < -0.3 is 14.8 Å². The Balaban J connectivity index is 3.30. The summed E-state index contributed by atoms with van der Waals surface area (Å²) >= 11 is 0. The van der Waals surface area contributed by atoms with E-state index in [2.05, 4.69) is 5.32 Å². The van der Waals surface area contributed by atoms with Crippen molar-refractivity contribution in [2.24, 2.45) is 0 Å². The normalized spacial score (nSPS) is 11.1. The van der Waals surface area contributed by atoms with Gasteiger partial charge in [-0.2, -0.15) is 0 Å². The molecule has 0 aromatic heterocycles. The van der Waals surface area contributed by atoms with E-state index in [-0.39, 0.29) is 11.9 Å². The van der Waals surface area contributed by atoms with Gasteiger partial charge >= 0.3 is 6.09 Å². The monoisotopic (exact) mass is 257 g/mol. The molecule has 0 radical (unpaired) electrons. The average Bonchev–Trinajstić information content (AvgIpc) is 2.18. The molecule has 0 saturated carbocycles. The highest BCUT2D eigenvalue weighted by Gasteiger charge is 2.15. The number of unbranched alkanes of at least 4 members (excludes halogenated alkanes) is 4. The van der Waals surface area contributed by atoms with Crippen molar-refractivity contribution in [1.82, 2.24) is 5.32 Å². The molecule has 0 bridgehead atoms. The fourth-order valence-electron chi connectivity index (χ4n) is 1.53. The Morgan fingerprint density at radius 3 is 2.11 bits per heavy atom. The predicted octanol–water partition coefficient (Wildman–Crippen LogP) is 3.44. The quantitative estimate of drug-likeness (QED) is 0.678. The zero-order valence-electron chi connectivity index (χ0n) is 12.2. The minimum Gasteiger partial charge on any atom is -0.444 e. The zero-order valence-corrected chi connectivity index (χ0v) is 12.2. The fraction of sp³-hybridized carbons (Fsp3) is 0.857. The standard InChI is InChI=1S/C14H27NO3/c1-12(16)10-8-6-5-7-9-11-15-13(17)18-14(2,3)4/h5-11H2,1-4H3,(H,15,17). The number of ether oxygens (including phenoxy) is 1. The lowest BCUT2D eigenvalue weighted by atomic mass is 10.1. The SMILES string of the molecule is CC(=O)CCCCCCCNC(=O)OC(C)(C)C. The topological polar surface area (TPSA) is 55.4 Å². The molecule has 0 aliphatic carbocycles. The number of nitrogens with one attached hydrogen (secondary N) is 1. The summed E-state index contributed by atoms with van der Waals surface area (Å²) in [6.45, 7) is 7.83. The predicted molar refractivity (Wildman–Crippen MR) is 72.6 cm³/mol. The van der Waals surface area contributed by atoms with Crippen molar-refractivity contribution < 1.29 is 14.3 Å². The Kier molecular flexibility index (Phi) is 8.42. The molecule has 0 aliphatic heterocycles. The first-order chi connectivity index (χ1) is 8.31. The van der Waals surface area contributed by atoms with E-state index in [1.165, 1.54) is 0 Å². The van der Waals surface area contributed by atoms with Crippen LogP contribution < -0.4 is 5.32 Å². The number of hydrogen-bond donors (Lipinski definition) is 1.